The highest BCUT2D eigenvalue weighted by Crippen LogP contribution is 2.51. The van der Waals surface area contributed by atoms with Crippen molar-refractivity contribution in [2.45, 2.75) is 25.1 Å². The zero-order valence-electron chi connectivity index (χ0n) is 18.4. The number of aliphatic hydroxyl groups is 1. The number of rotatable bonds is 8. The van der Waals surface area contributed by atoms with Crippen LogP contribution in [0.25, 0.3) is 0 Å². The molecule has 5 rings (SSSR count). The van der Waals surface area contributed by atoms with Gasteiger partial charge in [-0.3, -0.25) is 9.69 Å². The molecular weight excluding hydrogens is 454 g/mol. The fourth-order valence-electron chi connectivity index (χ4n) is 4.53. The smallest absolute Gasteiger partial charge is 0.335 e. The zero-order chi connectivity index (χ0) is 23.9. The Balaban J connectivity index is 1.63. The van der Waals surface area contributed by atoms with Gasteiger partial charge in [0.15, 0.2) is 5.72 Å². The number of carbonyl (C=O) groups is 2. The molecule has 0 aromatic heterocycles. The quantitative estimate of drug-likeness (QED) is 0.491. The molecule has 7 heteroatoms. The molecule has 174 valence electrons. The summed E-state index contributed by atoms with van der Waals surface area (Å²) in [4.78, 5) is 26.7. The fourth-order valence-corrected chi connectivity index (χ4v) is 4.65. The second-order valence-corrected chi connectivity index (χ2v) is 9.47. The maximum atomic E-state index is 13.7. The number of fused-ring (bicyclic) bond motifs is 1. The molecule has 2 N–H and O–H groups in total. The largest absolute Gasteiger partial charge is 0.478 e. The van der Waals surface area contributed by atoms with Crippen molar-refractivity contribution in [3.05, 3.63) is 106 Å². The molecule has 0 radical (unpaired) electrons. The Morgan fingerprint density at radius 3 is 2.29 bits per heavy atom. The summed E-state index contributed by atoms with van der Waals surface area (Å²) in [5, 5.41) is 19.7. The first-order valence-electron chi connectivity index (χ1n) is 11.1. The van der Waals surface area contributed by atoms with Gasteiger partial charge in [0.2, 0.25) is 0 Å². The normalized spacial score (nSPS) is 20.3. The summed E-state index contributed by atoms with van der Waals surface area (Å²) in [6.45, 7) is 0.528. The lowest BCUT2D eigenvalue weighted by atomic mass is 9.92. The number of carboxylic acids is 1. The summed E-state index contributed by atoms with van der Waals surface area (Å²) in [6, 6.07) is 21.1. The van der Waals surface area contributed by atoms with Crippen molar-refractivity contribution in [2.24, 2.45) is 5.41 Å². The van der Waals surface area contributed by atoms with Gasteiger partial charge >= 0.3 is 5.97 Å². The van der Waals surface area contributed by atoms with E-state index in [4.69, 9.17) is 16.3 Å². The zero-order valence-corrected chi connectivity index (χ0v) is 19.2. The van der Waals surface area contributed by atoms with Gasteiger partial charge in [-0.25, -0.2) is 4.79 Å². The topological polar surface area (TPSA) is 87.1 Å². The van der Waals surface area contributed by atoms with Crippen molar-refractivity contribution < 1.29 is 24.5 Å². The van der Waals surface area contributed by atoms with E-state index in [2.05, 4.69) is 0 Å². The third kappa shape index (κ3) is 3.78. The minimum atomic E-state index is -1.21. The van der Waals surface area contributed by atoms with E-state index in [0.29, 0.717) is 17.2 Å². The number of aliphatic hydroxyl groups excluding tert-OH is 1. The van der Waals surface area contributed by atoms with E-state index >= 15 is 0 Å². The molecule has 1 heterocycles. The Morgan fingerprint density at radius 1 is 1.00 bits per heavy atom. The number of halogens is 1. The number of benzene rings is 3. The van der Waals surface area contributed by atoms with Crippen LogP contribution >= 0.6 is 11.6 Å². The van der Waals surface area contributed by atoms with Crippen LogP contribution in [-0.2, 0) is 17.0 Å². The third-order valence-electron chi connectivity index (χ3n) is 6.80. The molecule has 1 unspecified atom stereocenters. The summed E-state index contributed by atoms with van der Waals surface area (Å²) >= 11 is 6.18. The number of aromatic carboxylic acids is 1. The van der Waals surface area contributed by atoms with Crippen LogP contribution in [-0.4, -0.2) is 40.2 Å². The molecule has 3 aromatic carbocycles. The highest BCUT2D eigenvalue weighted by molar-refractivity contribution is 6.30. The van der Waals surface area contributed by atoms with Gasteiger partial charge in [-0.2, -0.15) is 0 Å². The van der Waals surface area contributed by atoms with E-state index in [1.807, 2.05) is 30.3 Å². The van der Waals surface area contributed by atoms with Gasteiger partial charge in [0.1, 0.15) is 0 Å². The van der Waals surface area contributed by atoms with Crippen LogP contribution in [0.2, 0.25) is 5.02 Å². The molecule has 0 bridgehead atoms. The van der Waals surface area contributed by atoms with E-state index in [9.17, 15) is 19.8 Å². The van der Waals surface area contributed by atoms with E-state index in [0.717, 1.165) is 29.5 Å². The number of carbonyl (C=O) groups excluding carboxylic acids is 1. The molecule has 1 aliphatic heterocycles. The van der Waals surface area contributed by atoms with Crippen LogP contribution in [0.3, 0.4) is 0 Å². The molecule has 0 saturated heterocycles. The van der Waals surface area contributed by atoms with E-state index < -0.39 is 11.7 Å². The lowest BCUT2D eigenvalue weighted by molar-refractivity contribution is -0.128. The number of hydrogen-bond acceptors (Lipinski definition) is 4. The Labute approximate surface area is 202 Å². The Morgan fingerprint density at radius 2 is 1.68 bits per heavy atom. The van der Waals surface area contributed by atoms with Crippen molar-refractivity contribution in [2.75, 3.05) is 13.2 Å². The first-order chi connectivity index (χ1) is 16.4. The highest BCUT2D eigenvalue weighted by atomic mass is 35.5. The van der Waals surface area contributed by atoms with E-state index in [-0.39, 0.29) is 30.0 Å². The summed E-state index contributed by atoms with van der Waals surface area (Å²) in [6.07, 6.45) is 1.74. The molecular formula is C27H24ClNO5. The first kappa shape index (κ1) is 22.6. The number of ether oxygens (including phenoxy) is 1. The van der Waals surface area contributed by atoms with Gasteiger partial charge in [-0.05, 0) is 48.7 Å². The second kappa shape index (κ2) is 8.55. The summed E-state index contributed by atoms with van der Waals surface area (Å²) in [5.41, 5.74) is 1.48. The maximum Gasteiger partial charge on any atom is 0.335 e. The average Bonchev–Trinajstić information content (AvgIpc) is 3.60. The van der Waals surface area contributed by atoms with Gasteiger partial charge in [-0.1, -0.05) is 54.1 Å². The van der Waals surface area contributed by atoms with Crippen LogP contribution in [0.4, 0.5) is 0 Å². The first-order valence-corrected chi connectivity index (χ1v) is 11.5. The average molecular weight is 478 g/mol. The van der Waals surface area contributed by atoms with Crippen LogP contribution in [0.1, 0.15) is 50.2 Å². The molecule has 1 amide bonds. The molecule has 6 nitrogen and oxygen atoms in total. The molecule has 1 atom stereocenters. The SMILES string of the molecule is O=C(O)c1ccc(CN2C(=O)c3ccccc3C2(OCC2(CO)CC2)c2ccc(Cl)cc2)cc1. The van der Waals surface area contributed by atoms with Gasteiger partial charge < -0.3 is 14.9 Å². The van der Waals surface area contributed by atoms with Crippen molar-refractivity contribution in [3.8, 4) is 0 Å². The molecule has 1 saturated carbocycles. The summed E-state index contributed by atoms with van der Waals surface area (Å²) in [7, 11) is 0. The van der Waals surface area contributed by atoms with Crippen LogP contribution < -0.4 is 0 Å². The Kier molecular flexibility index (Phi) is 5.68. The minimum absolute atomic E-state index is 0.0238. The predicted octanol–water partition coefficient (Wildman–Crippen LogP) is 4.68. The van der Waals surface area contributed by atoms with Gasteiger partial charge in [0.05, 0.1) is 18.8 Å². The van der Waals surface area contributed by atoms with Gasteiger partial charge in [-0.15, -0.1) is 0 Å². The summed E-state index contributed by atoms with van der Waals surface area (Å²) < 4.78 is 6.69. The lowest BCUT2D eigenvalue weighted by Crippen LogP contribution is -2.47. The van der Waals surface area contributed by atoms with E-state index in [1.165, 1.54) is 12.1 Å². The van der Waals surface area contributed by atoms with Crippen molar-refractivity contribution in [3.63, 3.8) is 0 Å². The van der Waals surface area contributed by atoms with Crippen LogP contribution in [0.15, 0.2) is 72.8 Å². The predicted molar refractivity (Wildman–Crippen MR) is 127 cm³/mol. The molecule has 2 aliphatic rings. The number of carboxylic acid groups (broad SMARTS) is 1. The van der Waals surface area contributed by atoms with Gasteiger partial charge in [0, 0.05) is 33.7 Å². The molecule has 0 spiro atoms. The highest BCUT2D eigenvalue weighted by Gasteiger charge is 2.54. The monoisotopic (exact) mass is 477 g/mol. The third-order valence-corrected chi connectivity index (χ3v) is 7.06. The number of amides is 1. The number of nitrogens with zero attached hydrogens (tertiary/aromatic N) is 1. The molecule has 3 aromatic rings. The van der Waals surface area contributed by atoms with Crippen LogP contribution in [0.5, 0.6) is 0 Å². The molecule has 1 aliphatic carbocycles. The van der Waals surface area contributed by atoms with Gasteiger partial charge in [0.25, 0.3) is 5.91 Å². The maximum absolute atomic E-state index is 13.7. The van der Waals surface area contributed by atoms with Crippen molar-refractivity contribution in [1.29, 1.82) is 0 Å². The lowest BCUT2D eigenvalue weighted by Gasteiger charge is -2.40. The fraction of sp³-hybridized carbons (Fsp3) is 0.259. The molecule has 34 heavy (non-hydrogen) atoms. The Hall–Kier alpha value is -3.19. The minimum Gasteiger partial charge on any atom is -0.478 e. The van der Waals surface area contributed by atoms with E-state index in [1.54, 1.807) is 35.2 Å². The molecule has 1 fully saturated rings. The number of hydrogen-bond donors (Lipinski definition) is 2. The van der Waals surface area contributed by atoms with Crippen LogP contribution in [0, 0.1) is 5.41 Å². The van der Waals surface area contributed by atoms with Crippen molar-refractivity contribution in [1.82, 2.24) is 4.90 Å². The standard InChI is InChI=1S/C27H24ClNO5/c28-21-11-9-20(10-12-21)27(34-17-26(16-30)13-14-26)23-4-2-1-3-22(23)24(31)29(27)15-18-5-7-19(8-6-18)25(32)33/h1-12,30H,13-17H2,(H,32,33). The summed E-state index contributed by atoms with van der Waals surface area (Å²) in [5.74, 6) is -1.18. The Bertz CT molecular complexity index is 1240. The second-order valence-electron chi connectivity index (χ2n) is 9.04. The van der Waals surface area contributed by atoms with Crippen molar-refractivity contribution >= 4 is 23.5 Å².